The van der Waals surface area contributed by atoms with Crippen molar-refractivity contribution in [2.24, 2.45) is 0 Å². The van der Waals surface area contributed by atoms with Crippen LogP contribution in [0.5, 0.6) is 5.75 Å². The summed E-state index contributed by atoms with van der Waals surface area (Å²) in [6, 6.07) is 18.2. The van der Waals surface area contributed by atoms with Gasteiger partial charge < -0.3 is 15.0 Å². The molecule has 0 unspecified atom stereocenters. The zero-order valence-electron chi connectivity index (χ0n) is 16.7. The van der Waals surface area contributed by atoms with E-state index in [4.69, 9.17) is 4.74 Å². The highest BCUT2D eigenvalue weighted by Gasteiger charge is 2.19. The van der Waals surface area contributed by atoms with Gasteiger partial charge in [0.1, 0.15) is 11.6 Å². The molecule has 1 fully saturated rings. The Morgan fingerprint density at radius 3 is 2.59 bits per heavy atom. The van der Waals surface area contributed by atoms with Crippen LogP contribution in [0.4, 0.5) is 5.82 Å². The highest BCUT2D eigenvalue weighted by atomic mass is 16.5. The second kappa shape index (κ2) is 8.92. The number of rotatable bonds is 6. The number of nitrogens with one attached hydrogen (secondary N) is 1. The predicted molar refractivity (Wildman–Crippen MR) is 115 cm³/mol. The molecule has 2 heterocycles. The van der Waals surface area contributed by atoms with Crippen LogP contribution in [-0.2, 0) is 11.3 Å². The largest absolute Gasteiger partial charge is 0.497 e. The standard InChI is InChI=1S/C23H26N4O2/c1-29-21-8-7-19-14-18(5-6-20(19)15-21)16-25-23(28)17-26-10-12-27(13-11-26)22-4-2-3-9-24-22/h2-9,14-15H,10-13,16-17H2,1H3,(H,25,28). The second-order valence-corrected chi connectivity index (χ2v) is 7.28. The predicted octanol–water partition coefficient (Wildman–Crippen LogP) is 2.68. The molecule has 1 aromatic heterocycles. The molecule has 6 nitrogen and oxygen atoms in total. The van der Waals surface area contributed by atoms with Crippen molar-refractivity contribution in [3.8, 4) is 5.75 Å². The summed E-state index contributed by atoms with van der Waals surface area (Å²) in [5.74, 6) is 1.92. The third kappa shape index (κ3) is 4.84. The van der Waals surface area contributed by atoms with Gasteiger partial charge in [0.15, 0.2) is 0 Å². The van der Waals surface area contributed by atoms with E-state index >= 15 is 0 Å². The van der Waals surface area contributed by atoms with E-state index in [-0.39, 0.29) is 5.91 Å². The van der Waals surface area contributed by atoms with Crippen molar-refractivity contribution in [2.75, 3.05) is 44.7 Å². The number of hydrogen-bond acceptors (Lipinski definition) is 5. The molecular weight excluding hydrogens is 364 g/mol. The van der Waals surface area contributed by atoms with Crippen LogP contribution in [0.1, 0.15) is 5.56 Å². The Balaban J connectivity index is 1.26. The van der Waals surface area contributed by atoms with Crippen molar-refractivity contribution >= 4 is 22.5 Å². The number of carbonyl (C=O) groups excluding carboxylic acids is 1. The molecule has 1 aliphatic heterocycles. The lowest BCUT2D eigenvalue weighted by Crippen LogP contribution is -2.49. The molecule has 0 radical (unpaired) electrons. The minimum atomic E-state index is 0.0612. The van der Waals surface area contributed by atoms with Gasteiger partial charge in [-0.15, -0.1) is 0 Å². The molecule has 0 saturated carbocycles. The first kappa shape index (κ1) is 19.2. The Morgan fingerprint density at radius 1 is 1.03 bits per heavy atom. The lowest BCUT2D eigenvalue weighted by molar-refractivity contribution is -0.122. The fraction of sp³-hybridized carbons (Fsp3) is 0.304. The third-order valence-corrected chi connectivity index (χ3v) is 5.31. The van der Waals surface area contributed by atoms with E-state index in [1.54, 1.807) is 7.11 Å². The third-order valence-electron chi connectivity index (χ3n) is 5.31. The molecule has 2 aromatic carbocycles. The monoisotopic (exact) mass is 390 g/mol. The number of carbonyl (C=O) groups is 1. The van der Waals surface area contributed by atoms with Crippen LogP contribution in [0.3, 0.4) is 0 Å². The van der Waals surface area contributed by atoms with Crippen LogP contribution in [0, 0.1) is 0 Å². The number of ether oxygens (including phenoxy) is 1. The van der Waals surface area contributed by atoms with Crippen LogP contribution in [0.15, 0.2) is 60.8 Å². The minimum absolute atomic E-state index is 0.0612. The molecule has 1 amide bonds. The Kier molecular flexibility index (Phi) is 5.91. The number of nitrogens with zero attached hydrogens (tertiary/aromatic N) is 3. The molecule has 1 aliphatic rings. The number of fused-ring (bicyclic) bond motifs is 1. The molecule has 4 rings (SSSR count). The summed E-state index contributed by atoms with van der Waals surface area (Å²) in [6.45, 7) is 4.47. The lowest BCUT2D eigenvalue weighted by Gasteiger charge is -2.34. The first-order valence-electron chi connectivity index (χ1n) is 9.93. The maximum Gasteiger partial charge on any atom is 0.234 e. The molecule has 1 N–H and O–H groups in total. The smallest absolute Gasteiger partial charge is 0.234 e. The van der Waals surface area contributed by atoms with Gasteiger partial charge >= 0.3 is 0 Å². The van der Waals surface area contributed by atoms with Crippen LogP contribution in [0.25, 0.3) is 10.8 Å². The van der Waals surface area contributed by atoms with E-state index in [1.165, 1.54) is 0 Å². The lowest BCUT2D eigenvalue weighted by atomic mass is 10.1. The van der Waals surface area contributed by atoms with Crippen LogP contribution >= 0.6 is 0 Å². The average Bonchev–Trinajstić information content (AvgIpc) is 2.78. The molecule has 0 atom stereocenters. The van der Waals surface area contributed by atoms with Gasteiger partial charge in [-0.05, 0) is 46.7 Å². The van der Waals surface area contributed by atoms with E-state index in [0.717, 1.165) is 54.1 Å². The van der Waals surface area contributed by atoms with Gasteiger partial charge in [0.2, 0.25) is 5.91 Å². The fourth-order valence-electron chi connectivity index (χ4n) is 3.65. The van der Waals surface area contributed by atoms with E-state index < -0.39 is 0 Å². The van der Waals surface area contributed by atoms with Crippen molar-refractivity contribution < 1.29 is 9.53 Å². The van der Waals surface area contributed by atoms with Crippen molar-refractivity contribution in [1.29, 1.82) is 0 Å². The molecule has 29 heavy (non-hydrogen) atoms. The molecule has 0 bridgehead atoms. The first-order valence-corrected chi connectivity index (χ1v) is 9.93. The van der Waals surface area contributed by atoms with Gasteiger partial charge in [-0.2, -0.15) is 0 Å². The SMILES string of the molecule is COc1ccc2cc(CNC(=O)CN3CCN(c4ccccn4)CC3)ccc2c1. The Labute approximate surface area is 171 Å². The number of anilines is 1. The van der Waals surface area contributed by atoms with Crippen molar-refractivity contribution in [3.63, 3.8) is 0 Å². The summed E-state index contributed by atoms with van der Waals surface area (Å²) in [6.07, 6.45) is 1.82. The van der Waals surface area contributed by atoms with Crippen molar-refractivity contribution in [1.82, 2.24) is 15.2 Å². The number of amides is 1. The maximum absolute atomic E-state index is 12.4. The number of aromatic nitrogens is 1. The Hall–Kier alpha value is -3.12. The normalized spacial score (nSPS) is 14.7. The summed E-state index contributed by atoms with van der Waals surface area (Å²) < 4.78 is 5.27. The summed E-state index contributed by atoms with van der Waals surface area (Å²) in [5.41, 5.74) is 1.09. The van der Waals surface area contributed by atoms with Gasteiger partial charge in [0.05, 0.1) is 13.7 Å². The Morgan fingerprint density at radius 2 is 1.83 bits per heavy atom. The van der Waals surface area contributed by atoms with E-state index in [1.807, 2.05) is 48.7 Å². The number of benzene rings is 2. The topological polar surface area (TPSA) is 57.7 Å². The van der Waals surface area contributed by atoms with Crippen LogP contribution < -0.4 is 15.0 Å². The van der Waals surface area contributed by atoms with E-state index in [0.29, 0.717) is 13.1 Å². The van der Waals surface area contributed by atoms with E-state index in [9.17, 15) is 4.79 Å². The van der Waals surface area contributed by atoms with Gasteiger partial charge in [-0.1, -0.05) is 24.3 Å². The summed E-state index contributed by atoms with van der Waals surface area (Å²) in [4.78, 5) is 21.2. The minimum Gasteiger partial charge on any atom is -0.497 e. The highest BCUT2D eigenvalue weighted by Crippen LogP contribution is 2.21. The number of pyridine rings is 1. The van der Waals surface area contributed by atoms with Crippen LogP contribution in [-0.4, -0.2) is 55.6 Å². The molecule has 0 spiro atoms. The van der Waals surface area contributed by atoms with Gasteiger partial charge in [-0.25, -0.2) is 4.98 Å². The number of methoxy groups -OCH3 is 1. The average molecular weight is 390 g/mol. The van der Waals surface area contributed by atoms with Crippen molar-refractivity contribution in [3.05, 3.63) is 66.4 Å². The number of piperazine rings is 1. The first-order chi connectivity index (χ1) is 14.2. The zero-order valence-corrected chi connectivity index (χ0v) is 16.7. The Bertz CT molecular complexity index is 969. The fourth-order valence-corrected chi connectivity index (χ4v) is 3.65. The summed E-state index contributed by atoms with van der Waals surface area (Å²) in [7, 11) is 1.67. The number of hydrogen-bond donors (Lipinski definition) is 1. The zero-order chi connectivity index (χ0) is 20.1. The molecular formula is C23H26N4O2. The second-order valence-electron chi connectivity index (χ2n) is 7.28. The quantitative estimate of drug-likeness (QED) is 0.701. The molecule has 1 saturated heterocycles. The van der Waals surface area contributed by atoms with Crippen LogP contribution in [0.2, 0.25) is 0 Å². The van der Waals surface area contributed by atoms with Gasteiger partial charge in [-0.3, -0.25) is 9.69 Å². The molecule has 0 aliphatic carbocycles. The molecule has 3 aromatic rings. The highest BCUT2D eigenvalue weighted by molar-refractivity contribution is 5.84. The maximum atomic E-state index is 12.4. The summed E-state index contributed by atoms with van der Waals surface area (Å²) >= 11 is 0. The van der Waals surface area contributed by atoms with Crippen molar-refractivity contribution in [2.45, 2.75) is 6.54 Å². The van der Waals surface area contributed by atoms with E-state index in [2.05, 4.69) is 32.2 Å². The summed E-state index contributed by atoms with van der Waals surface area (Å²) in [5, 5.41) is 5.32. The van der Waals surface area contributed by atoms with Gasteiger partial charge in [0, 0.05) is 38.9 Å². The molecule has 6 heteroatoms. The molecule has 150 valence electrons. The van der Waals surface area contributed by atoms with Gasteiger partial charge in [0.25, 0.3) is 0 Å².